The maximum Gasteiger partial charge on any atom is 0.143 e. The average molecular weight is 262 g/mol. The van der Waals surface area contributed by atoms with Crippen molar-refractivity contribution in [3.8, 4) is 6.07 Å². The number of halogens is 3. The summed E-state index contributed by atoms with van der Waals surface area (Å²) in [6.45, 7) is 0.0228. The molecule has 2 aromatic carbocycles. The van der Waals surface area contributed by atoms with E-state index < -0.39 is 17.5 Å². The molecule has 1 N–H and O–H groups in total. The van der Waals surface area contributed by atoms with Crippen LogP contribution in [0.2, 0.25) is 0 Å². The summed E-state index contributed by atoms with van der Waals surface area (Å²) >= 11 is 0. The van der Waals surface area contributed by atoms with Crippen LogP contribution in [0.3, 0.4) is 0 Å². The van der Waals surface area contributed by atoms with E-state index in [-0.39, 0.29) is 17.7 Å². The molecular weight excluding hydrogens is 253 g/mol. The van der Waals surface area contributed by atoms with Gasteiger partial charge in [-0.15, -0.1) is 0 Å². The summed E-state index contributed by atoms with van der Waals surface area (Å²) in [7, 11) is 0. The van der Waals surface area contributed by atoms with Crippen molar-refractivity contribution in [2.45, 2.75) is 6.54 Å². The molecule has 0 spiro atoms. The van der Waals surface area contributed by atoms with Crippen molar-refractivity contribution >= 4 is 5.69 Å². The van der Waals surface area contributed by atoms with Crippen molar-refractivity contribution in [1.82, 2.24) is 0 Å². The maximum absolute atomic E-state index is 13.3. The predicted molar refractivity (Wildman–Crippen MR) is 64.8 cm³/mol. The van der Waals surface area contributed by atoms with Crippen LogP contribution in [0.5, 0.6) is 0 Å². The van der Waals surface area contributed by atoms with E-state index in [9.17, 15) is 13.2 Å². The number of anilines is 1. The van der Waals surface area contributed by atoms with Gasteiger partial charge in [-0.1, -0.05) is 0 Å². The normalized spacial score (nSPS) is 10.0. The third-order valence-corrected chi connectivity index (χ3v) is 2.58. The van der Waals surface area contributed by atoms with Crippen molar-refractivity contribution in [3.05, 3.63) is 65.0 Å². The van der Waals surface area contributed by atoms with E-state index in [1.54, 1.807) is 6.07 Å². The van der Waals surface area contributed by atoms with Crippen LogP contribution in [-0.2, 0) is 6.54 Å². The van der Waals surface area contributed by atoms with E-state index in [4.69, 9.17) is 5.26 Å². The molecule has 0 saturated carbocycles. The molecule has 0 fully saturated rings. The second-order valence-electron chi connectivity index (χ2n) is 3.90. The van der Waals surface area contributed by atoms with Gasteiger partial charge >= 0.3 is 0 Å². The first kappa shape index (κ1) is 13.0. The number of nitrogens with one attached hydrogen (secondary N) is 1. The van der Waals surface area contributed by atoms with Crippen LogP contribution >= 0.6 is 0 Å². The van der Waals surface area contributed by atoms with Crippen molar-refractivity contribution in [2.75, 3.05) is 5.32 Å². The molecule has 5 heteroatoms. The Morgan fingerprint density at radius 2 is 1.79 bits per heavy atom. The molecule has 0 amide bonds. The summed E-state index contributed by atoms with van der Waals surface area (Å²) in [5, 5.41) is 11.3. The Morgan fingerprint density at radius 1 is 1.00 bits per heavy atom. The molecule has 2 rings (SSSR count). The molecule has 2 aromatic rings. The lowest BCUT2D eigenvalue weighted by molar-refractivity contribution is 0.587. The van der Waals surface area contributed by atoms with Gasteiger partial charge < -0.3 is 5.32 Å². The minimum Gasteiger partial charge on any atom is -0.381 e. The van der Waals surface area contributed by atoms with Crippen LogP contribution < -0.4 is 5.32 Å². The first-order chi connectivity index (χ1) is 9.10. The third kappa shape index (κ3) is 3.05. The van der Waals surface area contributed by atoms with Crippen molar-refractivity contribution in [2.24, 2.45) is 0 Å². The van der Waals surface area contributed by atoms with E-state index in [1.807, 2.05) is 0 Å². The molecule has 0 aromatic heterocycles. The van der Waals surface area contributed by atoms with E-state index in [2.05, 4.69) is 5.32 Å². The van der Waals surface area contributed by atoms with Gasteiger partial charge in [-0.2, -0.15) is 5.26 Å². The molecule has 0 bridgehead atoms. The van der Waals surface area contributed by atoms with Gasteiger partial charge in [-0.3, -0.25) is 0 Å². The van der Waals surface area contributed by atoms with Crippen molar-refractivity contribution < 1.29 is 13.2 Å². The van der Waals surface area contributed by atoms with Gasteiger partial charge in [0.2, 0.25) is 0 Å². The van der Waals surface area contributed by atoms with E-state index in [0.29, 0.717) is 5.69 Å². The Balaban J connectivity index is 2.13. The second-order valence-corrected chi connectivity index (χ2v) is 3.90. The molecule has 0 aliphatic carbocycles. The Morgan fingerprint density at radius 3 is 2.47 bits per heavy atom. The van der Waals surface area contributed by atoms with Gasteiger partial charge in [0.05, 0.1) is 5.56 Å². The van der Waals surface area contributed by atoms with Crippen LogP contribution in [0.1, 0.15) is 11.1 Å². The molecule has 19 heavy (non-hydrogen) atoms. The topological polar surface area (TPSA) is 35.8 Å². The van der Waals surface area contributed by atoms with Gasteiger partial charge in [0.1, 0.15) is 23.5 Å². The smallest absolute Gasteiger partial charge is 0.143 e. The molecule has 2 nitrogen and oxygen atoms in total. The SMILES string of the molecule is N#Cc1ccc(NCc2cc(F)ccc2F)cc1F. The number of nitrogens with zero attached hydrogens (tertiary/aromatic N) is 1. The van der Waals surface area contributed by atoms with Gasteiger partial charge in [0.25, 0.3) is 0 Å². The summed E-state index contributed by atoms with van der Waals surface area (Å²) in [6, 6.07) is 8.79. The molecule has 0 aliphatic rings. The molecule has 0 radical (unpaired) electrons. The highest BCUT2D eigenvalue weighted by Gasteiger charge is 2.05. The highest BCUT2D eigenvalue weighted by atomic mass is 19.1. The first-order valence-corrected chi connectivity index (χ1v) is 5.47. The van der Waals surface area contributed by atoms with Gasteiger partial charge in [-0.05, 0) is 36.4 Å². The summed E-state index contributed by atoms with van der Waals surface area (Å²) in [5.41, 5.74) is 0.465. The van der Waals surface area contributed by atoms with Crippen LogP contribution in [0.4, 0.5) is 18.9 Å². The fourth-order valence-corrected chi connectivity index (χ4v) is 1.59. The summed E-state index contributed by atoms with van der Waals surface area (Å²) in [4.78, 5) is 0. The molecule has 0 aliphatic heterocycles. The lowest BCUT2D eigenvalue weighted by atomic mass is 10.2. The van der Waals surface area contributed by atoms with Crippen LogP contribution in [-0.4, -0.2) is 0 Å². The first-order valence-electron chi connectivity index (χ1n) is 5.47. The fraction of sp³-hybridized carbons (Fsp3) is 0.0714. The number of hydrogen-bond donors (Lipinski definition) is 1. The van der Waals surface area contributed by atoms with E-state index in [0.717, 1.165) is 24.3 Å². The highest BCUT2D eigenvalue weighted by Crippen LogP contribution is 2.16. The number of rotatable bonds is 3. The lowest BCUT2D eigenvalue weighted by Gasteiger charge is -2.08. The number of nitriles is 1. The Labute approximate surface area is 108 Å². The molecular formula is C14H9F3N2. The summed E-state index contributed by atoms with van der Waals surface area (Å²) in [5.74, 6) is -1.74. The minimum absolute atomic E-state index is 0.0228. The molecule has 0 saturated heterocycles. The Kier molecular flexibility index (Phi) is 3.71. The monoisotopic (exact) mass is 262 g/mol. The Bertz CT molecular complexity index is 648. The highest BCUT2D eigenvalue weighted by molar-refractivity contribution is 5.48. The molecule has 0 atom stereocenters. The second kappa shape index (κ2) is 5.44. The average Bonchev–Trinajstić information content (AvgIpc) is 2.40. The van der Waals surface area contributed by atoms with E-state index in [1.165, 1.54) is 12.1 Å². The maximum atomic E-state index is 13.3. The minimum atomic E-state index is -0.660. The zero-order valence-corrected chi connectivity index (χ0v) is 9.75. The fourth-order valence-electron chi connectivity index (χ4n) is 1.59. The summed E-state index contributed by atoms with van der Waals surface area (Å²) < 4.78 is 39.6. The molecule has 96 valence electrons. The van der Waals surface area contributed by atoms with Crippen molar-refractivity contribution in [1.29, 1.82) is 5.26 Å². The van der Waals surface area contributed by atoms with Gasteiger partial charge in [-0.25, -0.2) is 13.2 Å². The largest absolute Gasteiger partial charge is 0.381 e. The van der Waals surface area contributed by atoms with Crippen LogP contribution in [0, 0.1) is 28.8 Å². The molecule has 0 heterocycles. The predicted octanol–water partition coefficient (Wildman–Crippen LogP) is 3.59. The molecule has 0 unspecified atom stereocenters. The lowest BCUT2D eigenvalue weighted by Crippen LogP contribution is -2.03. The summed E-state index contributed by atoms with van der Waals surface area (Å²) in [6.07, 6.45) is 0. The number of benzene rings is 2. The third-order valence-electron chi connectivity index (χ3n) is 2.58. The van der Waals surface area contributed by atoms with Crippen LogP contribution in [0.15, 0.2) is 36.4 Å². The van der Waals surface area contributed by atoms with E-state index >= 15 is 0 Å². The quantitative estimate of drug-likeness (QED) is 0.917. The number of hydrogen-bond acceptors (Lipinski definition) is 2. The van der Waals surface area contributed by atoms with Gasteiger partial charge in [0, 0.05) is 17.8 Å². The zero-order chi connectivity index (χ0) is 13.8. The van der Waals surface area contributed by atoms with Gasteiger partial charge in [0.15, 0.2) is 0 Å². The Hall–Kier alpha value is -2.48. The van der Waals surface area contributed by atoms with Crippen LogP contribution in [0.25, 0.3) is 0 Å². The standard InChI is InChI=1S/C14H9F3N2/c15-11-2-4-13(16)10(5-11)8-19-12-3-1-9(7-18)14(17)6-12/h1-6,19H,8H2. The zero-order valence-electron chi connectivity index (χ0n) is 9.75. The van der Waals surface area contributed by atoms with Crippen molar-refractivity contribution in [3.63, 3.8) is 0 Å².